The molecule has 2 aliphatic rings. The summed E-state index contributed by atoms with van der Waals surface area (Å²) in [6, 6.07) is 0.341. The molecule has 0 atom stereocenters. The lowest BCUT2D eigenvalue weighted by Gasteiger charge is -2.35. The Kier molecular flexibility index (Phi) is 4.31. The summed E-state index contributed by atoms with van der Waals surface area (Å²) < 4.78 is 11.4. The minimum Gasteiger partial charge on any atom is -0.370 e. The fourth-order valence-corrected chi connectivity index (χ4v) is 3.70. The second kappa shape index (κ2) is 6.05. The molecule has 0 amide bonds. The molecule has 5 heteroatoms. The molecular weight excluding hydrogens is 266 g/mol. The highest BCUT2D eigenvalue weighted by atomic mass is 16.5. The van der Waals surface area contributed by atoms with E-state index in [2.05, 4.69) is 12.1 Å². The van der Waals surface area contributed by atoms with Crippen LogP contribution in [0.4, 0.5) is 0 Å². The van der Waals surface area contributed by atoms with Crippen LogP contribution >= 0.6 is 0 Å². The zero-order valence-corrected chi connectivity index (χ0v) is 13.2. The van der Waals surface area contributed by atoms with Gasteiger partial charge in [-0.2, -0.15) is 4.98 Å². The Bertz CT molecular complexity index is 458. The molecule has 0 unspecified atom stereocenters. The monoisotopic (exact) mass is 293 g/mol. The standard InChI is InChI=1S/C16H27N3O2/c1-11-7-9-16(20-2,10-8-11)15-18-14(21-19-15)12-3-5-13(17)6-4-12/h11-13H,3-10,17H2,1-2H3. The Morgan fingerprint density at radius 2 is 1.81 bits per heavy atom. The van der Waals surface area contributed by atoms with Crippen LogP contribution < -0.4 is 5.73 Å². The number of hydrogen-bond donors (Lipinski definition) is 1. The van der Waals surface area contributed by atoms with Crippen LogP contribution in [0.5, 0.6) is 0 Å². The van der Waals surface area contributed by atoms with Crippen LogP contribution in [0, 0.1) is 5.92 Å². The van der Waals surface area contributed by atoms with E-state index in [1.807, 2.05) is 0 Å². The minimum atomic E-state index is -0.334. The Morgan fingerprint density at radius 3 is 2.43 bits per heavy atom. The van der Waals surface area contributed by atoms with Crippen molar-refractivity contribution in [1.82, 2.24) is 10.1 Å². The van der Waals surface area contributed by atoms with Crippen LogP contribution in [-0.4, -0.2) is 23.3 Å². The maximum absolute atomic E-state index is 5.97. The lowest BCUT2D eigenvalue weighted by molar-refractivity contribution is -0.0609. The summed E-state index contributed by atoms with van der Waals surface area (Å²) in [5.41, 5.74) is 5.63. The van der Waals surface area contributed by atoms with Gasteiger partial charge in [0.25, 0.3) is 0 Å². The topological polar surface area (TPSA) is 74.2 Å². The first-order chi connectivity index (χ1) is 10.1. The van der Waals surface area contributed by atoms with Crippen molar-refractivity contribution in [3.05, 3.63) is 11.7 Å². The SMILES string of the molecule is COC1(c2noc(C3CCC(N)CC3)n2)CCC(C)CC1. The number of rotatable bonds is 3. The molecule has 0 saturated heterocycles. The molecule has 21 heavy (non-hydrogen) atoms. The van der Waals surface area contributed by atoms with Gasteiger partial charge in [-0.15, -0.1) is 0 Å². The third-order valence-electron chi connectivity index (χ3n) is 5.44. The van der Waals surface area contributed by atoms with E-state index in [9.17, 15) is 0 Å². The molecule has 0 aliphatic heterocycles. The first kappa shape index (κ1) is 15.0. The highest BCUT2D eigenvalue weighted by molar-refractivity contribution is 5.06. The predicted octanol–water partition coefficient (Wildman–Crippen LogP) is 3.11. The highest BCUT2D eigenvalue weighted by Gasteiger charge is 2.40. The van der Waals surface area contributed by atoms with Gasteiger partial charge in [-0.3, -0.25) is 0 Å². The molecule has 118 valence electrons. The number of nitrogens with two attached hydrogens (primary N) is 1. The maximum atomic E-state index is 5.97. The van der Waals surface area contributed by atoms with Gasteiger partial charge in [-0.1, -0.05) is 12.1 Å². The first-order valence-electron chi connectivity index (χ1n) is 8.28. The number of nitrogens with zero attached hydrogens (tertiary/aromatic N) is 2. The summed E-state index contributed by atoms with van der Waals surface area (Å²) in [6.45, 7) is 2.30. The third-order valence-corrected chi connectivity index (χ3v) is 5.44. The van der Waals surface area contributed by atoms with E-state index in [1.54, 1.807) is 7.11 Å². The van der Waals surface area contributed by atoms with Crippen LogP contribution in [0.15, 0.2) is 4.52 Å². The molecule has 2 fully saturated rings. The van der Waals surface area contributed by atoms with Crippen molar-refractivity contribution < 1.29 is 9.26 Å². The molecule has 2 N–H and O–H groups in total. The largest absolute Gasteiger partial charge is 0.370 e. The summed E-state index contributed by atoms with van der Waals surface area (Å²) in [7, 11) is 1.77. The van der Waals surface area contributed by atoms with E-state index in [4.69, 9.17) is 20.0 Å². The van der Waals surface area contributed by atoms with E-state index in [0.29, 0.717) is 12.0 Å². The van der Waals surface area contributed by atoms with E-state index < -0.39 is 0 Å². The van der Waals surface area contributed by atoms with Crippen molar-refractivity contribution in [3.8, 4) is 0 Å². The summed E-state index contributed by atoms with van der Waals surface area (Å²) in [5.74, 6) is 2.68. The zero-order valence-electron chi connectivity index (χ0n) is 13.2. The molecule has 1 heterocycles. The van der Waals surface area contributed by atoms with Gasteiger partial charge in [-0.25, -0.2) is 0 Å². The van der Waals surface area contributed by atoms with Gasteiger partial charge < -0.3 is 15.0 Å². The van der Waals surface area contributed by atoms with E-state index >= 15 is 0 Å². The molecule has 1 aromatic rings. The van der Waals surface area contributed by atoms with Gasteiger partial charge in [0.2, 0.25) is 11.7 Å². The second-order valence-electron chi connectivity index (χ2n) is 6.95. The molecule has 2 aliphatic carbocycles. The van der Waals surface area contributed by atoms with Crippen molar-refractivity contribution in [2.24, 2.45) is 11.7 Å². The van der Waals surface area contributed by atoms with Crippen molar-refractivity contribution in [2.45, 2.75) is 75.9 Å². The van der Waals surface area contributed by atoms with Crippen molar-refractivity contribution in [1.29, 1.82) is 0 Å². The molecular formula is C16H27N3O2. The second-order valence-corrected chi connectivity index (χ2v) is 6.95. The molecule has 3 rings (SSSR count). The molecule has 5 nitrogen and oxygen atoms in total. The number of aromatic nitrogens is 2. The van der Waals surface area contributed by atoms with Crippen LogP contribution in [0.3, 0.4) is 0 Å². The van der Waals surface area contributed by atoms with E-state index in [-0.39, 0.29) is 5.60 Å². The molecule has 1 aromatic heterocycles. The van der Waals surface area contributed by atoms with Crippen LogP contribution in [0.1, 0.15) is 75.9 Å². The lowest BCUT2D eigenvalue weighted by Crippen LogP contribution is -2.34. The smallest absolute Gasteiger partial charge is 0.229 e. The zero-order chi connectivity index (χ0) is 14.9. The quantitative estimate of drug-likeness (QED) is 0.927. The third kappa shape index (κ3) is 2.99. The highest BCUT2D eigenvalue weighted by Crippen LogP contribution is 2.41. The van der Waals surface area contributed by atoms with Gasteiger partial charge in [0.15, 0.2) is 0 Å². The van der Waals surface area contributed by atoms with Crippen molar-refractivity contribution in [2.75, 3.05) is 7.11 Å². The molecule has 0 radical (unpaired) electrons. The molecule has 0 aromatic carbocycles. The lowest BCUT2D eigenvalue weighted by atomic mass is 9.79. The Morgan fingerprint density at radius 1 is 1.14 bits per heavy atom. The average molecular weight is 293 g/mol. The van der Waals surface area contributed by atoms with E-state index in [0.717, 1.165) is 69.0 Å². The van der Waals surface area contributed by atoms with Gasteiger partial charge in [0.1, 0.15) is 5.60 Å². The number of methoxy groups -OCH3 is 1. The summed E-state index contributed by atoms with van der Waals surface area (Å²) >= 11 is 0. The number of hydrogen-bond acceptors (Lipinski definition) is 5. The summed E-state index contributed by atoms with van der Waals surface area (Å²) in [5, 5.41) is 4.26. The maximum Gasteiger partial charge on any atom is 0.229 e. The molecule has 0 bridgehead atoms. The predicted molar refractivity (Wildman–Crippen MR) is 79.8 cm³/mol. The summed E-state index contributed by atoms with van der Waals surface area (Å²) in [6.07, 6.45) is 8.51. The summed E-state index contributed by atoms with van der Waals surface area (Å²) in [4.78, 5) is 4.71. The fourth-order valence-electron chi connectivity index (χ4n) is 3.70. The normalized spacial score (nSPS) is 37.6. The molecule has 0 spiro atoms. The van der Waals surface area contributed by atoms with Gasteiger partial charge in [0.05, 0.1) is 0 Å². The van der Waals surface area contributed by atoms with Gasteiger partial charge >= 0.3 is 0 Å². The van der Waals surface area contributed by atoms with Crippen molar-refractivity contribution >= 4 is 0 Å². The molecule has 2 saturated carbocycles. The Labute approximate surface area is 126 Å². The average Bonchev–Trinajstić information content (AvgIpc) is 3.00. The fraction of sp³-hybridized carbons (Fsp3) is 0.875. The van der Waals surface area contributed by atoms with Gasteiger partial charge in [-0.05, 0) is 57.3 Å². The number of ether oxygens (including phenoxy) is 1. The van der Waals surface area contributed by atoms with E-state index in [1.165, 1.54) is 0 Å². The van der Waals surface area contributed by atoms with Crippen LogP contribution in [0.2, 0.25) is 0 Å². The van der Waals surface area contributed by atoms with Crippen LogP contribution in [-0.2, 0) is 10.3 Å². The minimum absolute atomic E-state index is 0.334. The van der Waals surface area contributed by atoms with Crippen LogP contribution in [0.25, 0.3) is 0 Å². The van der Waals surface area contributed by atoms with Crippen molar-refractivity contribution in [3.63, 3.8) is 0 Å². The first-order valence-corrected chi connectivity index (χ1v) is 8.28. The van der Waals surface area contributed by atoms with Gasteiger partial charge in [0, 0.05) is 19.1 Å². The Hall–Kier alpha value is -0.940. The Balaban J connectivity index is 1.74.